The SMILES string of the molecule is CCN1C(=O)CC(C(=O)Nc2ccc(Br)cc2)SC1=Nc1ccc(F)cc1. The van der Waals surface area contributed by atoms with Gasteiger partial charge in [-0.3, -0.25) is 14.5 Å². The van der Waals surface area contributed by atoms with E-state index in [1.807, 2.05) is 19.1 Å². The van der Waals surface area contributed by atoms with Gasteiger partial charge in [-0.05, 0) is 55.5 Å². The van der Waals surface area contributed by atoms with Gasteiger partial charge in [0.15, 0.2) is 5.17 Å². The zero-order valence-electron chi connectivity index (χ0n) is 14.5. The van der Waals surface area contributed by atoms with E-state index < -0.39 is 5.25 Å². The Morgan fingerprint density at radius 3 is 2.56 bits per heavy atom. The van der Waals surface area contributed by atoms with Crippen molar-refractivity contribution < 1.29 is 14.0 Å². The average Bonchev–Trinajstić information content (AvgIpc) is 2.65. The predicted octanol–water partition coefficient (Wildman–Crippen LogP) is 4.57. The third-order valence-corrected chi connectivity index (χ3v) is 5.63. The Bertz CT molecular complexity index is 872. The molecule has 0 saturated carbocycles. The second-order valence-corrected chi connectivity index (χ2v) is 7.90. The summed E-state index contributed by atoms with van der Waals surface area (Å²) in [6, 6.07) is 12.9. The van der Waals surface area contributed by atoms with Crippen molar-refractivity contribution in [3.63, 3.8) is 0 Å². The van der Waals surface area contributed by atoms with Gasteiger partial charge in [0.1, 0.15) is 11.1 Å². The van der Waals surface area contributed by atoms with Gasteiger partial charge in [0, 0.05) is 23.1 Å². The molecular weight excluding hydrogens is 433 g/mol. The van der Waals surface area contributed by atoms with Crippen LogP contribution in [0.5, 0.6) is 0 Å². The van der Waals surface area contributed by atoms with Gasteiger partial charge in [-0.25, -0.2) is 9.38 Å². The van der Waals surface area contributed by atoms with Gasteiger partial charge in [0.25, 0.3) is 0 Å². The molecule has 2 aromatic carbocycles. The fourth-order valence-corrected chi connectivity index (χ4v) is 3.96. The lowest BCUT2D eigenvalue weighted by atomic mass is 10.2. The third-order valence-electron chi connectivity index (χ3n) is 3.91. The zero-order valence-corrected chi connectivity index (χ0v) is 16.9. The Kier molecular flexibility index (Phi) is 6.28. The van der Waals surface area contributed by atoms with E-state index >= 15 is 0 Å². The number of thioether (sulfide) groups is 1. The number of hydrogen-bond donors (Lipinski definition) is 1. The van der Waals surface area contributed by atoms with Gasteiger partial charge >= 0.3 is 0 Å². The van der Waals surface area contributed by atoms with Crippen molar-refractivity contribution in [2.45, 2.75) is 18.6 Å². The molecule has 0 radical (unpaired) electrons. The molecule has 1 saturated heterocycles. The highest BCUT2D eigenvalue weighted by atomic mass is 79.9. The van der Waals surface area contributed by atoms with E-state index in [9.17, 15) is 14.0 Å². The van der Waals surface area contributed by atoms with Crippen LogP contribution in [0.2, 0.25) is 0 Å². The molecule has 3 rings (SSSR count). The van der Waals surface area contributed by atoms with Crippen LogP contribution in [-0.4, -0.2) is 33.7 Å². The largest absolute Gasteiger partial charge is 0.325 e. The lowest BCUT2D eigenvalue weighted by Crippen LogP contribution is -2.45. The number of rotatable bonds is 4. The van der Waals surface area contributed by atoms with E-state index in [0.717, 1.165) is 4.47 Å². The summed E-state index contributed by atoms with van der Waals surface area (Å²) >= 11 is 4.59. The van der Waals surface area contributed by atoms with Gasteiger partial charge in [-0.2, -0.15) is 0 Å². The summed E-state index contributed by atoms with van der Waals surface area (Å²) in [6.45, 7) is 2.30. The minimum Gasteiger partial charge on any atom is -0.325 e. The van der Waals surface area contributed by atoms with Crippen molar-refractivity contribution in [3.05, 3.63) is 58.8 Å². The normalized spacial score (nSPS) is 18.6. The monoisotopic (exact) mass is 449 g/mol. The van der Waals surface area contributed by atoms with Crippen molar-refractivity contribution in [2.24, 2.45) is 4.99 Å². The summed E-state index contributed by atoms with van der Waals surface area (Å²) in [5, 5.41) is 2.69. The molecule has 2 aromatic rings. The van der Waals surface area contributed by atoms with Crippen molar-refractivity contribution in [3.8, 4) is 0 Å². The molecule has 1 heterocycles. The van der Waals surface area contributed by atoms with Crippen LogP contribution < -0.4 is 5.32 Å². The molecule has 2 amide bonds. The molecule has 1 unspecified atom stereocenters. The summed E-state index contributed by atoms with van der Waals surface area (Å²) < 4.78 is 14.0. The van der Waals surface area contributed by atoms with Crippen LogP contribution in [-0.2, 0) is 9.59 Å². The Morgan fingerprint density at radius 1 is 1.26 bits per heavy atom. The first-order valence-electron chi connectivity index (χ1n) is 8.34. The number of aliphatic imine (C=N–C) groups is 1. The minimum atomic E-state index is -0.580. The smallest absolute Gasteiger partial charge is 0.238 e. The standard InChI is InChI=1S/C19H17BrFN3O2S/c1-2-24-17(25)11-16(18(26)22-14-7-3-12(20)4-8-14)27-19(24)23-15-9-5-13(21)6-10-15/h3-10,16H,2,11H2,1H3,(H,22,26). The second-order valence-electron chi connectivity index (χ2n) is 5.82. The number of benzene rings is 2. The van der Waals surface area contributed by atoms with Crippen molar-refractivity contribution in [1.82, 2.24) is 4.90 Å². The number of carbonyl (C=O) groups is 2. The Morgan fingerprint density at radius 2 is 1.93 bits per heavy atom. The van der Waals surface area contributed by atoms with Gasteiger partial charge < -0.3 is 5.32 Å². The maximum Gasteiger partial charge on any atom is 0.238 e. The van der Waals surface area contributed by atoms with E-state index in [-0.39, 0.29) is 24.1 Å². The Labute approximate surface area is 169 Å². The van der Waals surface area contributed by atoms with E-state index in [2.05, 4.69) is 26.2 Å². The molecule has 0 spiro atoms. The molecule has 1 aliphatic rings. The first-order valence-corrected chi connectivity index (χ1v) is 10.0. The van der Waals surface area contributed by atoms with Crippen molar-refractivity contribution >= 4 is 56.0 Å². The molecule has 27 heavy (non-hydrogen) atoms. The number of carbonyl (C=O) groups excluding carboxylic acids is 2. The third kappa shape index (κ3) is 4.95. The average molecular weight is 450 g/mol. The molecule has 1 fully saturated rings. The fourth-order valence-electron chi connectivity index (χ4n) is 2.53. The van der Waals surface area contributed by atoms with E-state index in [1.165, 1.54) is 40.9 Å². The van der Waals surface area contributed by atoms with E-state index in [0.29, 0.717) is 23.1 Å². The fraction of sp³-hybridized carbons (Fsp3) is 0.211. The quantitative estimate of drug-likeness (QED) is 0.743. The second kappa shape index (κ2) is 8.67. The Hall–Kier alpha value is -2.19. The summed E-state index contributed by atoms with van der Waals surface area (Å²) in [5.41, 5.74) is 1.19. The molecule has 0 aromatic heterocycles. The lowest BCUT2D eigenvalue weighted by Gasteiger charge is -2.30. The van der Waals surface area contributed by atoms with Gasteiger partial charge in [0.05, 0.1) is 5.69 Å². The number of anilines is 1. The number of amidine groups is 1. The number of amides is 2. The van der Waals surface area contributed by atoms with Crippen LogP contribution in [0.15, 0.2) is 58.0 Å². The van der Waals surface area contributed by atoms with Crippen LogP contribution in [0.3, 0.4) is 0 Å². The maximum atomic E-state index is 13.1. The molecule has 0 aliphatic carbocycles. The Balaban J connectivity index is 1.79. The molecule has 1 atom stereocenters. The summed E-state index contributed by atoms with van der Waals surface area (Å²) in [4.78, 5) is 31.1. The molecule has 1 aliphatic heterocycles. The number of nitrogens with one attached hydrogen (secondary N) is 1. The highest BCUT2D eigenvalue weighted by Crippen LogP contribution is 2.30. The maximum absolute atomic E-state index is 13.1. The number of halogens is 2. The molecule has 140 valence electrons. The van der Waals surface area contributed by atoms with Gasteiger partial charge in [-0.1, -0.05) is 27.7 Å². The van der Waals surface area contributed by atoms with Crippen LogP contribution in [0.25, 0.3) is 0 Å². The number of nitrogens with zero attached hydrogens (tertiary/aromatic N) is 2. The summed E-state index contributed by atoms with van der Waals surface area (Å²) in [5.74, 6) is -0.767. The lowest BCUT2D eigenvalue weighted by molar-refractivity contribution is -0.129. The first-order chi connectivity index (χ1) is 13.0. The highest BCUT2D eigenvalue weighted by molar-refractivity contribution is 9.10. The summed E-state index contributed by atoms with van der Waals surface area (Å²) in [6.07, 6.45) is 0.101. The van der Waals surface area contributed by atoms with Crippen LogP contribution in [0, 0.1) is 5.82 Å². The molecule has 5 nitrogen and oxygen atoms in total. The molecule has 1 N–H and O–H groups in total. The zero-order chi connectivity index (χ0) is 19.4. The van der Waals surface area contributed by atoms with Gasteiger partial charge in [-0.15, -0.1) is 0 Å². The van der Waals surface area contributed by atoms with E-state index in [4.69, 9.17) is 0 Å². The highest BCUT2D eigenvalue weighted by Gasteiger charge is 2.35. The van der Waals surface area contributed by atoms with Crippen molar-refractivity contribution in [1.29, 1.82) is 0 Å². The molecule has 0 bridgehead atoms. The van der Waals surface area contributed by atoms with Crippen LogP contribution in [0.1, 0.15) is 13.3 Å². The van der Waals surface area contributed by atoms with Crippen molar-refractivity contribution in [2.75, 3.05) is 11.9 Å². The minimum absolute atomic E-state index is 0.101. The topological polar surface area (TPSA) is 61.8 Å². The number of hydrogen-bond acceptors (Lipinski definition) is 4. The summed E-state index contributed by atoms with van der Waals surface area (Å²) in [7, 11) is 0. The van der Waals surface area contributed by atoms with E-state index in [1.54, 1.807) is 12.1 Å². The van der Waals surface area contributed by atoms with Gasteiger partial charge in [0.2, 0.25) is 11.8 Å². The van der Waals surface area contributed by atoms with Crippen LogP contribution >= 0.6 is 27.7 Å². The first kappa shape index (κ1) is 19.6. The predicted molar refractivity (Wildman–Crippen MR) is 110 cm³/mol. The van der Waals surface area contributed by atoms with Crippen LogP contribution in [0.4, 0.5) is 15.8 Å². The molecule has 8 heteroatoms. The molecular formula is C19H17BrFN3O2S.